The van der Waals surface area contributed by atoms with E-state index >= 15 is 0 Å². The average molecular weight is 468 g/mol. The van der Waals surface area contributed by atoms with Crippen LogP contribution >= 0.6 is 0 Å². The Morgan fingerprint density at radius 2 is 1.76 bits per heavy atom. The van der Waals surface area contributed by atoms with Gasteiger partial charge in [-0.05, 0) is 72.9 Å². The zero-order valence-corrected chi connectivity index (χ0v) is 18.9. The van der Waals surface area contributed by atoms with Gasteiger partial charge in [0.05, 0.1) is 11.3 Å². The van der Waals surface area contributed by atoms with Gasteiger partial charge >= 0.3 is 6.18 Å². The van der Waals surface area contributed by atoms with E-state index in [0.29, 0.717) is 13.0 Å². The molecular formula is C27H28F3N3O. The first-order valence-corrected chi connectivity index (χ1v) is 11.8. The summed E-state index contributed by atoms with van der Waals surface area (Å²) in [5.41, 5.74) is 4.99. The first-order chi connectivity index (χ1) is 16.4. The zero-order valence-electron chi connectivity index (χ0n) is 18.9. The summed E-state index contributed by atoms with van der Waals surface area (Å²) in [5, 5.41) is 9.26. The first-order valence-electron chi connectivity index (χ1n) is 11.8. The fraction of sp³-hybridized carbons (Fsp3) is 0.370. The highest BCUT2D eigenvalue weighted by molar-refractivity contribution is 5.72. The third-order valence-electron chi connectivity index (χ3n) is 6.59. The molecule has 1 N–H and O–H groups in total. The summed E-state index contributed by atoms with van der Waals surface area (Å²) in [6.07, 6.45) is -1.29. The Balaban J connectivity index is 1.50. The number of fused-ring (bicyclic) bond motifs is 1. The SMILES string of the molecule is OCCc1cccc(-c2ccc3c(c2)CN(CC2CC2)CCN3c2ccc(C(F)(F)F)cc2)n1. The van der Waals surface area contributed by atoms with Crippen LogP contribution in [-0.2, 0) is 19.1 Å². The van der Waals surface area contributed by atoms with Crippen molar-refractivity contribution >= 4 is 11.4 Å². The van der Waals surface area contributed by atoms with Crippen LogP contribution in [0.25, 0.3) is 11.3 Å². The Hall–Kier alpha value is -2.90. The molecule has 3 aromatic rings. The Kier molecular flexibility index (Phi) is 6.32. The second-order valence-corrected chi connectivity index (χ2v) is 9.21. The molecule has 0 spiro atoms. The maximum atomic E-state index is 13.1. The molecule has 1 aliphatic carbocycles. The van der Waals surface area contributed by atoms with Gasteiger partial charge in [0.25, 0.3) is 0 Å². The maximum absolute atomic E-state index is 13.1. The van der Waals surface area contributed by atoms with Crippen molar-refractivity contribution in [3.05, 3.63) is 77.5 Å². The van der Waals surface area contributed by atoms with Crippen molar-refractivity contribution in [2.24, 2.45) is 5.92 Å². The average Bonchev–Trinajstić information content (AvgIpc) is 3.65. The number of hydrogen-bond acceptors (Lipinski definition) is 4. The summed E-state index contributed by atoms with van der Waals surface area (Å²) in [6, 6.07) is 17.5. The summed E-state index contributed by atoms with van der Waals surface area (Å²) >= 11 is 0. The van der Waals surface area contributed by atoms with Gasteiger partial charge in [-0.15, -0.1) is 0 Å². The van der Waals surface area contributed by atoms with Gasteiger partial charge in [0.15, 0.2) is 0 Å². The molecule has 1 fully saturated rings. The molecule has 0 radical (unpaired) electrons. The van der Waals surface area contributed by atoms with E-state index in [4.69, 9.17) is 4.98 Å². The summed E-state index contributed by atoms with van der Waals surface area (Å²) in [5.74, 6) is 0.751. The normalized spacial score (nSPS) is 16.9. The minimum Gasteiger partial charge on any atom is -0.396 e. The third kappa shape index (κ3) is 5.10. The van der Waals surface area contributed by atoms with E-state index in [0.717, 1.165) is 71.6 Å². The highest BCUT2D eigenvalue weighted by Crippen LogP contribution is 2.38. The minimum atomic E-state index is -4.34. The van der Waals surface area contributed by atoms with Gasteiger partial charge < -0.3 is 10.0 Å². The number of anilines is 2. The number of aromatic nitrogens is 1. The van der Waals surface area contributed by atoms with Crippen molar-refractivity contribution < 1.29 is 18.3 Å². The van der Waals surface area contributed by atoms with Crippen molar-refractivity contribution in [2.45, 2.75) is 32.0 Å². The number of aliphatic hydroxyl groups is 1. The number of aliphatic hydroxyl groups excluding tert-OH is 1. The monoisotopic (exact) mass is 467 g/mol. The molecule has 1 aromatic heterocycles. The van der Waals surface area contributed by atoms with Crippen LogP contribution in [0.2, 0.25) is 0 Å². The molecule has 34 heavy (non-hydrogen) atoms. The van der Waals surface area contributed by atoms with Gasteiger partial charge in [-0.25, -0.2) is 0 Å². The van der Waals surface area contributed by atoms with Gasteiger partial charge in [-0.1, -0.05) is 12.1 Å². The van der Waals surface area contributed by atoms with Crippen LogP contribution in [-0.4, -0.2) is 41.2 Å². The van der Waals surface area contributed by atoms with Crippen LogP contribution in [0.5, 0.6) is 0 Å². The van der Waals surface area contributed by atoms with E-state index in [2.05, 4.69) is 21.9 Å². The van der Waals surface area contributed by atoms with Crippen LogP contribution in [0.1, 0.15) is 29.7 Å². The standard InChI is InChI=1S/C27H28F3N3O/c28-27(29,30)22-7-9-24(10-8-22)33-14-13-32(17-19-4-5-19)18-21-16-20(6-11-26(21)33)25-3-1-2-23(31-25)12-15-34/h1-3,6-11,16,19,34H,4-5,12-15,17-18H2. The quantitative estimate of drug-likeness (QED) is 0.507. The Labute approximate surface area is 197 Å². The Morgan fingerprint density at radius 1 is 0.971 bits per heavy atom. The molecule has 2 aliphatic rings. The zero-order chi connectivity index (χ0) is 23.7. The van der Waals surface area contributed by atoms with E-state index < -0.39 is 11.7 Å². The summed E-state index contributed by atoms with van der Waals surface area (Å²) < 4.78 is 39.3. The van der Waals surface area contributed by atoms with Gasteiger partial charge in [0.1, 0.15) is 0 Å². The van der Waals surface area contributed by atoms with E-state index in [1.165, 1.54) is 12.8 Å². The number of halogens is 3. The van der Waals surface area contributed by atoms with Crippen LogP contribution in [0, 0.1) is 5.92 Å². The fourth-order valence-corrected chi connectivity index (χ4v) is 4.63. The van der Waals surface area contributed by atoms with Gasteiger partial charge in [-0.2, -0.15) is 13.2 Å². The summed E-state index contributed by atoms with van der Waals surface area (Å²) in [4.78, 5) is 9.28. The highest BCUT2D eigenvalue weighted by atomic mass is 19.4. The number of pyridine rings is 1. The lowest BCUT2D eigenvalue weighted by molar-refractivity contribution is -0.137. The molecule has 4 nitrogen and oxygen atoms in total. The molecule has 0 saturated heterocycles. The lowest BCUT2D eigenvalue weighted by atomic mass is 10.0. The van der Waals surface area contributed by atoms with Gasteiger partial charge in [0.2, 0.25) is 0 Å². The van der Waals surface area contributed by atoms with Crippen molar-refractivity contribution in [3.63, 3.8) is 0 Å². The number of benzene rings is 2. The molecule has 0 bridgehead atoms. The molecule has 1 aliphatic heterocycles. The smallest absolute Gasteiger partial charge is 0.396 e. The maximum Gasteiger partial charge on any atom is 0.416 e. The number of alkyl halides is 3. The van der Waals surface area contributed by atoms with E-state index in [9.17, 15) is 18.3 Å². The second-order valence-electron chi connectivity index (χ2n) is 9.21. The van der Waals surface area contributed by atoms with Crippen LogP contribution in [0.4, 0.5) is 24.5 Å². The van der Waals surface area contributed by atoms with Crippen LogP contribution < -0.4 is 4.90 Å². The highest BCUT2D eigenvalue weighted by Gasteiger charge is 2.31. The van der Waals surface area contributed by atoms with Crippen molar-refractivity contribution in [1.82, 2.24) is 9.88 Å². The lowest BCUT2D eigenvalue weighted by Gasteiger charge is -2.26. The molecule has 1 saturated carbocycles. The predicted octanol–water partition coefficient (Wildman–Crippen LogP) is 5.67. The summed E-state index contributed by atoms with van der Waals surface area (Å²) in [7, 11) is 0. The minimum absolute atomic E-state index is 0.0544. The predicted molar refractivity (Wildman–Crippen MR) is 127 cm³/mol. The summed E-state index contributed by atoms with van der Waals surface area (Å²) in [6.45, 7) is 3.47. The van der Waals surface area contributed by atoms with Crippen molar-refractivity contribution in [1.29, 1.82) is 0 Å². The Bertz CT molecular complexity index is 1140. The largest absolute Gasteiger partial charge is 0.416 e. The molecule has 2 aromatic carbocycles. The van der Waals surface area contributed by atoms with E-state index in [-0.39, 0.29) is 6.61 Å². The Morgan fingerprint density at radius 3 is 2.47 bits per heavy atom. The van der Waals surface area contributed by atoms with Crippen molar-refractivity contribution in [3.8, 4) is 11.3 Å². The number of rotatable bonds is 6. The molecule has 0 amide bonds. The number of hydrogen-bond donors (Lipinski definition) is 1. The topological polar surface area (TPSA) is 39.6 Å². The molecule has 0 unspecified atom stereocenters. The van der Waals surface area contributed by atoms with Crippen LogP contribution in [0.3, 0.4) is 0 Å². The third-order valence-corrected chi connectivity index (χ3v) is 6.59. The van der Waals surface area contributed by atoms with Gasteiger partial charge in [-0.3, -0.25) is 9.88 Å². The molecule has 7 heteroatoms. The van der Waals surface area contributed by atoms with E-state index in [1.807, 2.05) is 24.3 Å². The number of nitrogens with zero attached hydrogens (tertiary/aromatic N) is 3. The molecule has 178 valence electrons. The van der Waals surface area contributed by atoms with Gasteiger partial charge in [0, 0.05) is 61.8 Å². The molecular weight excluding hydrogens is 439 g/mol. The molecule has 5 rings (SSSR count). The molecule has 0 atom stereocenters. The first kappa shape index (κ1) is 22.9. The molecule has 2 heterocycles. The fourth-order valence-electron chi connectivity index (χ4n) is 4.63. The lowest BCUT2D eigenvalue weighted by Crippen LogP contribution is -2.30. The van der Waals surface area contributed by atoms with Crippen LogP contribution in [0.15, 0.2) is 60.7 Å². The second kappa shape index (κ2) is 9.39. The van der Waals surface area contributed by atoms with E-state index in [1.54, 1.807) is 12.1 Å². The van der Waals surface area contributed by atoms with Crippen molar-refractivity contribution in [2.75, 3.05) is 31.1 Å².